The number of aromatic nitrogens is 2. The number of carbonyl (C=O) groups is 1. The Kier molecular flexibility index (Phi) is 4.13. The van der Waals surface area contributed by atoms with E-state index in [2.05, 4.69) is 20.4 Å². The fourth-order valence-corrected chi connectivity index (χ4v) is 4.11. The van der Waals surface area contributed by atoms with Crippen molar-refractivity contribution in [3.05, 3.63) is 53.5 Å². The topological polar surface area (TPSA) is 58.1 Å². The molecule has 3 heterocycles. The molecule has 1 saturated heterocycles. The molecule has 6 heteroatoms. The van der Waals surface area contributed by atoms with Crippen LogP contribution in [0.4, 0.5) is 5.82 Å². The maximum Gasteiger partial charge on any atom is 0.253 e. The van der Waals surface area contributed by atoms with Crippen molar-refractivity contribution < 1.29 is 4.79 Å². The third kappa shape index (κ3) is 2.97. The Morgan fingerprint density at radius 2 is 2.21 bits per heavy atom. The maximum atomic E-state index is 12.7. The number of hydrogen-bond acceptors (Lipinski definition) is 5. The lowest BCUT2D eigenvalue weighted by molar-refractivity contribution is 0.0935. The molecule has 1 fully saturated rings. The van der Waals surface area contributed by atoms with Crippen LogP contribution in [0.1, 0.15) is 23.2 Å². The molecule has 1 amide bonds. The minimum absolute atomic E-state index is 0.00838. The lowest BCUT2D eigenvalue weighted by atomic mass is 10.0. The summed E-state index contributed by atoms with van der Waals surface area (Å²) in [6, 6.07) is 11.9. The summed E-state index contributed by atoms with van der Waals surface area (Å²) in [7, 11) is 0. The number of rotatable bonds is 3. The quantitative estimate of drug-likeness (QED) is 0.797. The van der Waals surface area contributed by atoms with E-state index < -0.39 is 0 Å². The Hall–Kier alpha value is -2.47. The molecular weight excluding hydrogens is 320 g/mol. The first-order valence-corrected chi connectivity index (χ1v) is 8.99. The molecule has 122 valence electrons. The van der Waals surface area contributed by atoms with E-state index >= 15 is 0 Å². The van der Waals surface area contributed by atoms with Crippen molar-refractivity contribution in [2.45, 2.75) is 18.9 Å². The van der Waals surface area contributed by atoms with Crippen LogP contribution in [-0.4, -0.2) is 35.2 Å². The monoisotopic (exact) mass is 338 g/mol. The van der Waals surface area contributed by atoms with Crippen LogP contribution in [-0.2, 0) is 0 Å². The van der Waals surface area contributed by atoms with Crippen LogP contribution in [0.2, 0.25) is 0 Å². The van der Waals surface area contributed by atoms with E-state index in [4.69, 9.17) is 0 Å². The molecular formula is C18H18N4OS. The van der Waals surface area contributed by atoms with Crippen molar-refractivity contribution in [2.75, 3.05) is 18.0 Å². The van der Waals surface area contributed by atoms with Gasteiger partial charge in [0.2, 0.25) is 0 Å². The standard InChI is InChI=1S/C18H18N4OS/c23-18(15-6-1-4-13-8-11-24-17(13)15)20-14-5-3-10-22(12-14)16-7-2-9-19-21-16/h1-2,4,6-9,11,14H,3,5,10,12H2,(H,20,23)/t14-/m0/s1. The molecule has 3 aromatic rings. The van der Waals surface area contributed by atoms with E-state index in [9.17, 15) is 4.79 Å². The third-order valence-corrected chi connectivity index (χ3v) is 5.33. The molecule has 4 rings (SSSR count). The minimum Gasteiger partial charge on any atom is -0.353 e. The fourth-order valence-electron chi connectivity index (χ4n) is 3.20. The summed E-state index contributed by atoms with van der Waals surface area (Å²) in [6.45, 7) is 1.72. The summed E-state index contributed by atoms with van der Waals surface area (Å²) in [4.78, 5) is 14.9. The van der Waals surface area contributed by atoms with Gasteiger partial charge in [0.15, 0.2) is 5.82 Å². The molecule has 0 saturated carbocycles. The van der Waals surface area contributed by atoms with Gasteiger partial charge >= 0.3 is 0 Å². The summed E-state index contributed by atoms with van der Waals surface area (Å²) in [5.41, 5.74) is 0.763. The zero-order valence-electron chi connectivity index (χ0n) is 13.2. The fraction of sp³-hybridized carbons (Fsp3) is 0.278. The van der Waals surface area contributed by atoms with Crippen molar-refractivity contribution in [3.8, 4) is 0 Å². The lowest BCUT2D eigenvalue weighted by Gasteiger charge is -2.33. The second-order valence-electron chi connectivity index (χ2n) is 5.99. The Morgan fingerprint density at radius 1 is 1.25 bits per heavy atom. The molecule has 24 heavy (non-hydrogen) atoms. The zero-order valence-corrected chi connectivity index (χ0v) is 14.0. The number of benzene rings is 1. The predicted octanol–water partition coefficient (Wildman–Crippen LogP) is 3.09. The van der Waals surface area contributed by atoms with E-state index in [1.165, 1.54) is 0 Å². The van der Waals surface area contributed by atoms with Gasteiger partial charge in [0.05, 0.1) is 5.56 Å². The van der Waals surface area contributed by atoms with Gasteiger partial charge in [0.25, 0.3) is 5.91 Å². The number of nitrogens with zero attached hydrogens (tertiary/aromatic N) is 3. The summed E-state index contributed by atoms with van der Waals surface area (Å²) in [5.74, 6) is 0.880. The van der Waals surface area contributed by atoms with Gasteiger partial charge in [-0.25, -0.2) is 0 Å². The first-order valence-electron chi connectivity index (χ1n) is 8.11. The second kappa shape index (κ2) is 6.57. The van der Waals surface area contributed by atoms with Gasteiger partial charge in [-0.05, 0) is 47.9 Å². The third-order valence-electron chi connectivity index (χ3n) is 4.36. The number of nitrogens with one attached hydrogen (secondary N) is 1. The summed E-state index contributed by atoms with van der Waals surface area (Å²) < 4.78 is 1.05. The lowest BCUT2D eigenvalue weighted by Crippen LogP contribution is -2.48. The highest BCUT2D eigenvalue weighted by Gasteiger charge is 2.23. The van der Waals surface area contributed by atoms with Crippen LogP contribution in [0, 0.1) is 0 Å². The van der Waals surface area contributed by atoms with E-state index in [1.54, 1.807) is 17.5 Å². The van der Waals surface area contributed by atoms with Gasteiger partial charge in [-0.15, -0.1) is 16.4 Å². The van der Waals surface area contributed by atoms with Crippen molar-refractivity contribution >= 4 is 33.1 Å². The molecule has 0 spiro atoms. The van der Waals surface area contributed by atoms with Gasteiger partial charge in [0.1, 0.15) is 0 Å². The van der Waals surface area contributed by atoms with E-state index in [-0.39, 0.29) is 11.9 Å². The number of piperidine rings is 1. The van der Waals surface area contributed by atoms with Crippen LogP contribution < -0.4 is 10.2 Å². The van der Waals surface area contributed by atoms with Crippen molar-refractivity contribution in [1.82, 2.24) is 15.5 Å². The van der Waals surface area contributed by atoms with Crippen LogP contribution >= 0.6 is 11.3 Å². The molecule has 1 aliphatic heterocycles. The molecule has 1 aromatic carbocycles. The zero-order chi connectivity index (χ0) is 16.4. The normalized spacial score (nSPS) is 17.8. The van der Waals surface area contributed by atoms with Gasteiger partial charge in [-0.3, -0.25) is 4.79 Å². The highest BCUT2D eigenvalue weighted by Crippen LogP contribution is 2.25. The Bertz CT molecular complexity index is 848. The maximum absolute atomic E-state index is 12.7. The van der Waals surface area contributed by atoms with Crippen molar-refractivity contribution in [2.24, 2.45) is 0 Å². The van der Waals surface area contributed by atoms with E-state index in [1.807, 2.05) is 41.8 Å². The average molecular weight is 338 g/mol. The van der Waals surface area contributed by atoms with E-state index in [0.717, 1.165) is 47.4 Å². The summed E-state index contributed by atoms with van der Waals surface area (Å²) >= 11 is 1.61. The van der Waals surface area contributed by atoms with Crippen LogP contribution in [0.5, 0.6) is 0 Å². The SMILES string of the molecule is O=C(N[C@H]1CCCN(c2cccnn2)C1)c1cccc2ccsc12. The summed E-state index contributed by atoms with van der Waals surface area (Å²) in [5, 5.41) is 14.5. The first-order chi connectivity index (χ1) is 11.8. The number of hydrogen-bond donors (Lipinski definition) is 1. The molecule has 0 bridgehead atoms. The molecule has 1 N–H and O–H groups in total. The van der Waals surface area contributed by atoms with Crippen molar-refractivity contribution in [3.63, 3.8) is 0 Å². The minimum atomic E-state index is 0.00838. The second-order valence-corrected chi connectivity index (χ2v) is 6.90. The Labute approximate surface area is 144 Å². The number of carbonyl (C=O) groups excluding carboxylic acids is 1. The van der Waals surface area contributed by atoms with Gasteiger partial charge in [-0.1, -0.05) is 12.1 Å². The van der Waals surface area contributed by atoms with Crippen LogP contribution in [0.25, 0.3) is 10.1 Å². The predicted molar refractivity (Wildman–Crippen MR) is 96.6 cm³/mol. The number of thiophene rings is 1. The van der Waals surface area contributed by atoms with Gasteiger partial charge in [0, 0.05) is 30.0 Å². The Balaban J connectivity index is 1.48. The van der Waals surface area contributed by atoms with Crippen molar-refractivity contribution in [1.29, 1.82) is 0 Å². The number of fused-ring (bicyclic) bond motifs is 1. The number of anilines is 1. The number of amides is 1. The van der Waals surface area contributed by atoms with E-state index in [0.29, 0.717) is 0 Å². The molecule has 1 aliphatic rings. The Morgan fingerprint density at radius 3 is 3.08 bits per heavy atom. The molecule has 0 aliphatic carbocycles. The first kappa shape index (κ1) is 15.1. The largest absolute Gasteiger partial charge is 0.353 e. The average Bonchev–Trinajstić information content (AvgIpc) is 3.11. The summed E-state index contributed by atoms with van der Waals surface area (Å²) in [6.07, 6.45) is 3.70. The van der Waals surface area contributed by atoms with Crippen LogP contribution in [0.3, 0.4) is 0 Å². The molecule has 1 atom stereocenters. The smallest absolute Gasteiger partial charge is 0.253 e. The highest BCUT2D eigenvalue weighted by atomic mass is 32.1. The van der Waals surface area contributed by atoms with Gasteiger partial charge in [-0.2, -0.15) is 5.10 Å². The molecule has 2 aromatic heterocycles. The molecule has 0 unspecified atom stereocenters. The van der Waals surface area contributed by atoms with Crippen LogP contribution in [0.15, 0.2) is 48.0 Å². The van der Waals surface area contributed by atoms with Gasteiger partial charge < -0.3 is 10.2 Å². The molecule has 0 radical (unpaired) electrons. The highest BCUT2D eigenvalue weighted by molar-refractivity contribution is 7.17. The molecule has 5 nitrogen and oxygen atoms in total.